The van der Waals surface area contributed by atoms with Crippen molar-refractivity contribution in [1.29, 1.82) is 0 Å². The number of benzene rings is 1. The average Bonchev–Trinajstić information content (AvgIpc) is 2.85. The van der Waals surface area contributed by atoms with Gasteiger partial charge in [-0.05, 0) is 38.0 Å². The standard InChI is InChI=1S/C17H21ClN4O3S/c1-12-10-16(21-20-12)19-17(23)13-6-7-14(18)15(11-13)26(24,25)22-8-4-2-3-5-9-22/h6-7,10-11H,2-5,8-9H2,1H3,(H2,19,20,21,23). The fourth-order valence-electron chi connectivity index (χ4n) is 2.93. The third-order valence-corrected chi connectivity index (χ3v) is 6.70. The van der Waals surface area contributed by atoms with Crippen LogP contribution in [0.15, 0.2) is 29.2 Å². The summed E-state index contributed by atoms with van der Waals surface area (Å²) in [4.78, 5) is 12.4. The molecular formula is C17H21ClN4O3S. The average molecular weight is 397 g/mol. The van der Waals surface area contributed by atoms with Crippen molar-refractivity contribution in [3.8, 4) is 0 Å². The van der Waals surface area contributed by atoms with Gasteiger partial charge in [-0.3, -0.25) is 9.89 Å². The van der Waals surface area contributed by atoms with E-state index in [4.69, 9.17) is 11.6 Å². The minimum atomic E-state index is -3.74. The zero-order valence-electron chi connectivity index (χ0n) is 14.5. The summed E-state index contributed by atoms with van der Waals surface area (Å²) >= 11 is 6.15. The number of aryl methyl sites for hydroxylation is 1. The van der Waals surface area contributed by atoms with Crippen LogP contribution >= 0.6 is 11.6 Å². The van der Waals surface area contributed by atoms with E-state index in [1.54, 1.807) is 6.07 Å². The number of carbonyl (C=O) groups is 1. The smallest absolute Gasteiger partial charge is 0.256 e. The summed E-state index contributed by atoms with van der Waals surface area (Å²) in [5.74, 6) is -0.0696. The van der Waals surface area contributed by atoms with Gasteiger partial charge in [-0.15, -0.1) is 0 Å². The highest BCUT2D eigenvalue weighted by atomic mass is 35.5. The molecule has 0 atom stereocenters. The third-order valence-electron chi connectivity index (χ3n) is 4.32. The molecule has 9 heteroatoms. The van der Waals surface area contributed by atoms with Crippen LogP contribution in [0.2, 0.25) is 5.02 Å². The van der Waals surface area contributed by atoms with Gasteiger partial charge in [0, 0.05) is 30.4 Å². The Balaban J connectivity index is 1.88. The minimum Gasteiger partial charge on any atom is -0.305 e. The highest BCUT2D eigenvalue weighted by molar-refractivity contribution is 7.89. The van der Waals surface area contributed by atoms with Gasteiger partial charge in [-0.1, -0.05) is 24.4 Å². The number of sulfonamides is 1. The van der Waals surface area contributed by atoms with E-state index >= 15 is 0 Å². The molecule has 3 rings (SSSR count). The molecule has 7 nitrogen and oxygen atoms in total. The maximum absolute atomic E-state index is 13.0. The first-order chi connectivity index (χ1) is 12.4. The molecule has 0 saturated carbocycles. The third kappa shape index (κ3) is 4.08. The van der Waals surface area contributed by atoms with E-state index in [0.717, 1.165) is 31.4 Å². The summed E-state index contributed by atoms with van der Waals surface area (Å²) in [6.45, 7) is 2.76. The molecule has 0 bridgehead atoms. The number of H-pyrrole nitrogens is 1. The Morgan fingerprint density at radius 2 is 1.88 bits per heavy atom. The topological polar surface area (TPSA) is 95.2 Å². The van der Waals surface area contributed by atoms with Crippen LogP contribution in [0.3, 0.4) is 0 Å². The molecule has 2 N–H and O–H groups in total. The number of hydrogen-bond acceptors (Lipinski definition) is 4. The number of nitrogens with one attached hydrogen (secondary N) is 2. The monoisotopic (exact) mass is 396 g/mol. The Bertz CT molecular complexity index is 902. The molecular weight excluding hydrogens is 376 g/mol. The van der Waals surface area contributed by atoms with Crippen molar-refractivity contribution in [2.75, 3.05) is 18.4 Å². The summed E-state index contributed by atoms with van der Waals surface area (Å²) in [5, 5.41) is 9.42. The lowest BCUT2D eigenvalue weighted by molar-refractivity contribution is 0.102. The molecule has 0 spiro atoms. The lowest BCUT2D eigenvalue weighted by Crippen LogP contribution is -2.32. The van der Waals surface area contributed by atoms with E-state index in [1.165, 1.54) is 22.5 Å². The fourth-order valence-corrected chi connectivity index (χ4v) is 4.95. The van der Waals surface area contributed by atoms with Crippen molar-refractivity contribution >= 4 is 33.3 Å². The summed E-state index contributed by atoms with van der Waals surface area (Å²) in [6, 6.07) is 5.95. The number of aromatic amines is 1. The van der Waals surface area contributed by atoms with Gasteiger partial charge in [0.05, 0.1) is 5.02 Å². The van der Waals surface area contributed by atoms with E-state index in [2.05, 4.69) is 15.5 Å². The number of amides is 1. The molecule has 1 amide bonds. The van der Waals surface area contributed by atoms with Gasteiger partial charge >= 0.3 is 0 Å². The Morgan fingerprint density at radius 1 is 1.19 bits per heavy atom. The summed E-state index contributed by atoms with van der Waals surface area (Å²) in [7, 11) is -3.74. The molecule has 1 fully saturated rings. The number of rotatable bonds is 4. The minimum absolute atomic E-state index is 0.0353. The second kappa shape index (κ2) is 7.77. The van der Waals surface area contributed by atoms with E-state index in [-0.39, 0.29) is 15.5 Å². The summed E-state index contributed by atoms with van der Waals surface area (Å²) in [6.07, 6.45) is 3.70. The molecule has 0 radical (unpaired) electrons. The van der Waals surface area contributed by atoms with Crippen molar-refractivity contribution in [3.63, 3.8) is 0 Å². The highest BCUT2D eigenvalue weighted by Gasteiger charge is 2.28. The number of nitrogens with zero attached hydrogens (tertiary/aromatic N) is 2. The Kier molecular flexibility index (Phi) is 5.64. The van der Waals surface area contributed by atoms with Crippen molar-refractivity contribution in [3.05, 3.63) is 40.5 Å². The molecule has 1 aliphatic heterocycles. The molecule has 1 aromatic carbocycles. The fraction of sp³-hybridized carbons (Fsp3) is 0.412. The van der Waals surface area contributed by atoms with E-state index in [0.29, 0.717) is 18.9 Å². The molecule has 1 aliphatic rings. The van der Waals surface area contributed by atoms with Gasteiger partial charge in [0.2, 0.25) is 10.0 Å². The van der Waals surface area contributed by atoms with Gasteiger partial charge < -0.3 is 5.32 Å². The van der Waals surface area contributed by atoms with Crippen molar-refractivity contribution in [2.24, 2.45) is 0 Å². The number of carbonyl (C=O) groups excluding carboxylic acids is 1. The van der Waals surface area contributed by atoms with Crippen LogP contribution in [-0.4, -0.2) is 41.9 Å². The van der Waals surface area contributed by atoms with Crippen LogP contribution < -0.4 is 5.32 Å². The van der Waals surface area contributed by atoms with Crippen LogP contribution in [0.5, 0.6) is 0 Å². The first kappa shape index (κ1) is 18.9. The lowest BCUT2D eigenvalue weighted by atomic mass is 10.2. The number of anilines is 1. The number of aromatic nitrogens is 2. The largest absolute Gasteiger partial charge is 0.305 e. The summed E-state index contributed by atoms with van der Waals surface area (Å²) in [5.41, 5.74) is 1.02. The molecule has 2 heterocycles. The Labute approximate surface area is 157 Å². The van der Waals surface area contributed by atoms with E-state index in [9.17, 15) is 13.2 Å². The van der Waals surface area contributed by atoms with Crippen LogP contribution in [0.1, 0.15) is 41.7 Å². The van der Waals surface area contributed by atoms with E-state index in [1.807, 2.05) is 6.92 Å². The van der Waals surface area contributed by atoms with Crippen molar-refractivity contribution < 1.29 is 13.2 Å². The van der Waals surface area contributed by atoms with Gasteiger partial charge in [0.1, 0.15) is 4.90 Å². The predicted octanol–water partition coefficient (Wildman–Crippen LogP) is 3.19. The Hall–Kier alpha value is -1.90. The van der Waals surface area contributed by atoms with Crippen LogP contribution in [0.4, 0.5) is 5.82 Å². The molecule has 26 heavy (non-hydrogen) atoms. The quantitative estimate of drug-likeness (QED) is 0.829. The predicted molar refractivity (Wildman–Crippen MR) is 100.0 cm³/mol. The van der Waals surface area contributed by atoms with Gasteiger partial charge in [-0.2, -0.15) is 9.40 Å². The highest BCUT2D eigenvalue weighted by Crippen LogP contribution is 2.28. The van der Waals surface area contributed by atoms with Gasteiger partial charge in [0.15, 0.2) is 5.82 Å². The molecule has 140 valence electrons. The molecule has 0 aliphatic carbocycles. The van der Waals surface area contributed by atoms with Crippen molar-refractivity contribution in [1.82, 2.24) is 14.5 Å². The maximum atomic E-state index is 13.0. The molecule has 2 aromatic rings. The molecule has 1 aromatic heterocycles. The second-order valence-corrected chi connectivity index (χ2v) is 8.67. The lowest BCUT2D eigenvalue weighted by Gasteiger charge is -2.21. The Morgan fingerprint density at radius 3 is 2.50 bits per heavy atom. The molecule has 1 saturated heterocycles. The number of hydrogen-bond donors (Lipinski definition) is 2. The van der Waals surface area contributed by atoms with Crippen molar-refractivity contribution in [2.45, 2.75) is 37.5 Å². The van der Waals surface area contributed by atoms with Crippen LogP contribution in [0.25, 0.3) is 0 Å². The second-order valence-electron chi connectivity index (χ2n) is 6.35. The maximum Gasteiger partial charge on any atom is 0.256 e. The SMILES string of the molecule is Cc1cc(NC(=O)c2ccc(Cl)c(S(=O)(=O)N3CCCCCC3)c2)n[nH]1. The van der Waals surface area contributed by atoms with Gasteiger partial charge in [-0.25, -0.2) is 8.42 Å². The normalized spacial score (nSPS) is 16.2. The first-order valence-electron chi connectivity index (χ1n) is 8.51. The first-order valence-corrected chi connectivity index (χ1v) is 10.3. The summed E-state index contributed by atoms with van der Waals surface area (Å²) < 4.78 is 27.4. The zero-order chi connectivity index (χ0) is 18.7. The van der Waals surface area contributed by atoms with Crippen LogP contribution in [-0.2, 0) is 10.0 Å². The molecule has 0 unspecified atom stereocenters. The van der Waals surface area contributed by atoms with E-state index < -0.39 is 15.9 Å². The zero-order valence-corrected chi connectivity index (χ0v) is 16.0. The number of halogens is 1. The van der Waals surface area contributed by atoms with Gasteiger partial charge in [0.25, 0.3) is 5.91 Å². The van der Waals surface area contributed by atoms with Crippen LogP contribution in [0, 0.1) is 6.92 Å².